The molecule has 2 fully saturated rings. The minimum atomic E-state index is -1.72. The Labute approximate surface area is 216 Å². The third-order valence-corrected chi connectivity index (χ3v) is 10.2. The van der Waals surface area contributed by atoms with Crippen molar-refractivity contribution in [1.82, 2.24) is 0 Å². The van der Waals surface area contributed by atoms with E-state index in [1.54, 1.807) is 0 Å². The minimum absolute atomic E-state index is 0.112. The van der Waals surface area contributed by atoms with E-state index in [4.69, 9.17) is 4.74 Å². The minimum Gasteiger partial charge on any atom is -0.459 e. The van der Waals surface area contributed by atoms with Crippen molar-refractivity contribution in [2.75, 3.05) is 20.6 Å². The van der Waals surface area contributed by atoms with E-state index in [-0.39, 0.29) is 6.10 Å². The van der Waals surface area contributed by atoms with Crippen molar-refractivity contribution in [2.45, 2.75) is 56.3 Å². The molecule has 4 atom stereocenters. The van der Waals surface area contributed by atoms with Gasteiger partial charge in [-0.1, -0.05) is 42.5 Å². The summed E-state index contributed by atoms with van der Waals surface area (Å²) in [5.74, 6) is 0.425. The lowest BCUT2D eigenvalue weighted by molar-refractivity contribution is -0.919. The molecule has 5 rings (SSSR count). The van der Waals surface area contributed by atoms with Crippen LogP contribution in [0.25, 0.3) is 0 Å². The molecule has 1 aromatic carbocycles. The molecular formula is C29H36NO3S2+. The van der Waals surface area contributed by atoms with Gasteiger partial charge in [-0.2, -0.15) is 0 Å². The summed E-state index contributed by atoms with van der Waals surface area (Å²) in [7, 11) is 4.71. The van der Waals surface area contributed by atoms with Gasteiger partial charge in [0.25, 0.3) is 0 Å². The topological polar surface area (TPSA) is 46.5 Å². The number of aryl methyl sites for hydroxylation is 1. The molecule has 2 saturated carbocycles. The summed E-state index contributed by atoms with van der Waals surface area (Å²) < 4.78 is 7.17. The second kappa shape index (κ2) is 10.2. The van der Waals surface area contributed by atoms with Crippen LogP contribution in [0.3, 0.4) is 0 Å². The van der Waals surface area contributed by atoms with Crippen molar-refractivity contribution in [3.63, 3.8) is 0 Å². The van der Waals surface area contributed by atoms with Crippen LogP contribution in [0.1, 0.15) is 47.4 Å². The number of hydrogen-bond donors (Lipinski definition) is 1. The van der Waals surface area contributed by atoms with Crippen molar-refractivity contribution >= 4 is 28.6 Å². The van der Waals surface area contributed by atoms with Crippen molar-refractivity contribution in [2.24, 2.45) is 11.8 Å². The average molecular weight is 511 g/mol. The fourth-order valence-electron chi connectivity index (χ4n) is 6.61. The first-order valence-corrected chi connectivity index (χ1v) is 14.5. The Bertz CT molecular complexity index is 1060. The summed E-state index contributed by atoms with van der Waals surface area (Å²) in [5, 5.41) is 15.4. The Kier molecular flexibility index (Phi) is 7.18. The van der Waals surface area contributed by atoms with E-state index >= 15 is 0 Å². The summed E-state index contributed by atoms with van der Waals surface area (Å²) in [5.41, 5.74) is -0.309. The maximum atomic E-state index is 13.5. The van der Waals surface area contributed by atoms with E-state index in [2.05, 4.69) is 44.4 Å². The van der Waals surface area contributed by atoms with E-state index < -0.39 is 11.6 Å². The lowest BCUT2D eigenvalue weighted by Gasteiger charge is -2.39. The highest BCUT2D eigenvalue weighted by Gasteiger charge is 2.58. The van der Waals surface area contributed by atoms with Crippen LogP contribution >= 0.6 is 22.7 Å². The number of benzene rings is 1. The standard InChI is InChI=1S/C29H36NO3S2/c1-30(2,17-7-6-12-21-10-4-3-5-11-21)27-22-15-16-23(27)24(20-22)33-28(31)29(32,25-13-8-18-34-25)26-14-9-19-35-26/h3-5,8-11,13-14,18-19,22-24,27,32H,6-7,12,15-17,20H2,1-2H3/q+1/t22?,23-,24-,27?/m1/s1. The Morgan fingerprint density at radius 2 is 1.69 bits per heavy atom. The molecule has 2 unspecified atom stereocenters. The van der Waals surface area contributed by atoms with Gasteiger partial charge in [0, 0.05) is 11.8 Å². The molecule has 6 heteroatoms. The summed E-state index contributed by atoms with van der Waals surface area (Å²) >= 11 is 2.79. The van der Waals surface area contributed by atoms with Gasteiger partial charge in [0.15, 0.2) is 0 Å². The molecule has 3 aromatic rings. The largest absolute Gasteiger partial charge is 0.459 e. The number of aliphatic hydroxyl groups is 1. The molecule has 2 aromatic heterocycles. The van der Waals surface area contributed by atoms with E-state index in [1.807, 2.05) is 35.0 Å². The van der Waals surface area contributed by atoms with E-state index in [0.717, 1.165) is 30.3 Å². The van der Waals surface area contributed by atoms with Gasteiger partial charge < -0.3 is 14.3 Å². The fraction of sp³-hybridized carbons (Fsp3) is 0.483. The summed E-state index contributed by atoms with van der Waals surface area (Å²) in [6, 6.07) is 18.6. The maximum Gasteiger partial charge on any atom is 0.349 e. The summed E-state index contributed by atoms with van der Waals surface area (Å²) in [6.07, 6.45) is 6.64. The monoisotopic (exact) mass is 510 g/mol. The van der Waals surface area contributed by atoms with Crippen LogP contribution in [0.4, 0.5) is 0 Å². The number of unbranched alkanes of at least 4 members (excludes halogenated alkanes) is 1. The second-order valence-electron chi connectivity index (χ2n) is 10.8. The number of thiophene rings is 2. The van der Waals surface area contributed by atoms with Gasteiger partial charge in [-0.15, -0.1) is 22.7 Å². The molecular weight excluding hydrogens is 474 g/mol. The van der Waals surface area contributed by atoms with Crippen LogP contribution in [0.5, 0.6) is 0 Å². The molecule has 2 aliphatic rings. The predicted molar refractivity (Wildman–Crippen MR) is 142 cm³/mol. The first-order chi connectivity index (χ1) is 16.9. The highest BCUT2D eigenvalue weighted by Crippen LogP contribution is 2.51. The first kappa shape index (κ1) is 24.7. The third-order valence-electron chi connectivity index (χ3n) is 8.21. The number of rotatable bonds is 10. The van der Waals surface area contributed by atoms with Crippen LogP contribution in [0.2, 0.25) is 0 Å². The van der Waals surface area contributed by atoms with Gasteiger partial charge >= 0.3 is 5.97 Å². The predicted octanol–water partition coefficient (Wildman–Crippen LogP) is 5.86. The molecule has 4 nitrogen and oxygen atoms in total. The number of esters is 1. The fourth-order valence-corrected chi connectivity index (χ4v) is 8.33. The number of carbonyl (C=O) groups excluding carboxylic acids is 1. The smallest absolute Gasteiger partial charge is 0.349 e. The molecule has 0 amide bonds. The van der Waals surface area contributed by atoms with E-state index in [9.17, 15) is 9.90 Å². The van der Waals surface area contributed by atoms with Crippen molar-refractivity contribution in [1.29, 1.82) is 0 Å². The quantitative estimate of drug-likeness (QED) is 0.211. The zero-order valence-electron chi connectivity index (χ0n) is 20.6. The molecule has 0 spiro atoms. The van der Waals surface area contributed by atoms with Crippen LogP contribution in [-0.4, -0.2) is 48.3 Å². The highest BCUT2D eigenvalue weighted by atomic mass is 32.1. The van der Waals surface area contributed by atoms with Gasteiger partial charge in [-0.3, -0.25) is 0 Å². The molecule has 1 N–H and O–H groups in total. The number of quaternary nitrogens is 1. The van der Waals surface area contributed by atoms with Gasteiger partial charge in [-0.05, 0) is 67.0 Å². The number of hydrogen-bond acceptors (Lipinski definition) is 5. The normalized spacial score (nSPS) is 24.1. The lowest BCUT2D eigenvalue weighted by atomic mass is 9.96. The number of fused-ring (bicyclic) bond motifs is 2. The van der Waals surface area contributed by atoms with Gasteiger partial charge in [0.05, 0.1) is 36.4 Å². The maximum absolute atomic E-state index is 13.5. The highest BCUT2D eigenvalue weighted by molar-refractivity contribution is 7.12. The van der Waals surface area contributed by atoms with Crippen LogP contribution < -0.4 is 0 Å². The lowest BCUT2D eigenvalue weighted by Crippen LogP contribution is -2.52. The molecule has 35 heavy (non-hydrogen) atoms. The Morgan fingerprint density at radius 3 is 2.31 bits per heavy atom. The van der Waals surface area contributed by atoms with E-state index in [1.165, 1.54) is 47.5 Å². The zero-order chi connectivity index (χ0) is 24.5. The second-order valence-corrected chi connectivity index (χ2v) is 12.7. The van der Waals surface area contributed by atoms with Crippen molar-refractivity contribution in [3.05, 3.63) is 80.7 Å². The third kappa shape index (κ3) is 4.86. The van der Waals surface area contributed by atoms with Gasteiger partial charge in [-0.25, -0.2) is 4.79 Å². The van der Waals surface area contributed by atoms with Crippen LogP contribution in [-0.2, 0) is 21.6 Å². The van der Waals surface area contributed by atoms with Crippen molar-refractivity contribution < 1.29 is 19.1 Å². The molecule has 0 saturated heterocycles. The summed E-state index contributed by atoms with van der Waals surface area (Å²) in [4.78, 5) is 14.8. The molecule has 2 heterocycles. The van der Waals surface area contributed by atoms with E-state index in [0.29, 0.717) is 27.6 Å². The van der Waals surface area contributed by atoms with Gasteiger partial charge in [0.1, 0.15) is 6.10 Å². The number of nitrogens with zero attached hydrogens (tertiary/aromatic N) is 1. The zero-order valence-corrected chi connectivity index (χ0v) is 22.3. The Morgan fingerprint density at radius 1 is 1.00 bits per heavy atom. The average Bonchev–Trinajstić information content (AvgIpc) is 3.66. The number of ether oxygens (including phenoxy) is 1. The molecule has 186 valence electrons. The molecule has 2 aliphatic carbocycles. The Balaban J connectivity index is 1.23. The molecule has 2 bridgehead atoms. The van der Waals surface area contributed by atoms with Gasteiger partial charge in [0.2, 0.25) is 5.60 Å². The molecule has 0 aliphatic heterocycles. The first-order valence-electron chi connectivity index (χ1n) is 12.8. The SMILES string of the molecule is C[N+](C)(CCCCc1ccccc1)C1C2CC[C@@H]1[C@H](OC(=O)C(O)(c1cccs1)c1cccs1)C2. The Hall–Kier alpha value is -1.99. The van der Waals surface area contributed by atoms with Crippen LogP contribution in [0, 0.1) is 11.8 Å². The number of carbonyl (C=O) groups is 1. The summed E-state index contributed by atoms with van der Waals surface area (Å²) in [6.45, 7) is 1.14. The van der Waals surface area contributed by atoms with Crippen LogP contribution in [0.15, 0.2) is 65.4 Å². The van der Waals surface area contributed by atoms with Crippen molar-refractivity contribution in [3.8, 4) is 0 Å². The molecule has 0 radical (unpaired) electrons.